The highest BCUT2D eigenvalue weighted by Crippen LogP contribution is 2.17. The molecule has 1 aliphatic heterocycles. The van der Waals surface area contributed by atoms with Gasteiger partial charge < -0.3 is 19.3 Å². The summed E-state index contributed by atoms with van der Waals surface area (Å²) in [6.45, 7) is 8.25. The van der Waals surface area contributed by atoms with E-state index in [9.17, 15) is 9.59 Å². The molecule has 0 atom stereocenters. The van der Waals surface area contributed by atoms with Crippen molar-refractivity contribution >= 4 is 17.9 Å². The van der Waals surface area contributed by atoms with Crippen LogP contribution in [0.25, 0.3) is 0 Å². The summed E-state index contributed by atoms with van der Waals surface area (Å²) in [5, 5.41) is 0. The summed E-state index contributed by atoms with van der Waals surface area (Å²) >= 11 is 0. The van der Waals surface area contributed by atoms with Crippen LogP contribution in [0.1, 0.15) is 36.7 Å². The van der Waals surface area contributed by atoms with E-state index >= 15 is 0 Å². The predicted molar refractivity (Wildman–Crippen MR) is 110 cm³/mol. The Bertz CT molecular complexity index is 823. The molecule has 1 aliphatic rings. The lowest BCUT2D eigenvalue weighted by Gasteiger charge is -2.36. The minimum atomic E-state index is -0.499. The van der Waals surface area contributed by atoms with E-state index < -0.39 is 11.6 Å². The third kappa shape index (κ3) is 5.94. The topological polar surface area (TPSA) is 72.0 Å². The predicted octanol–water partition coefficient (Wildman–Crippen LogP) is 3.50. The molecular weight excluding hydrogens is 370 g/mol. The van der Waals surface area contributed by atoms with Crippen molar-refractivity contribution in [3.05, 3.63) is 59.8 Å². The second kappa shape index (κ2) is 8.94. The number of carbonyl (C=O) groups excluding carboxylic acids is 2. The molecule has 1 fully saturated rings. The van der Waals surface area contributed by atoms with Crippen molar-refractivity contribution in [1.82, 2.24) is 9.88 Å². The van der Waals surface area contributed by atoms with Gasteiger partial charge in [0.1, 0.15) is 18.0 Å². The van der Waals surface area contributed by atoms with Crippen molar-refractivity contribution < 1.29 is 19.1 Å². The van der Waals surface area contributed by atoms with Crippen LogP contribution in [-0.4, -0.2) is 53.7 Å². The lowest BCUT2D eigenvalue weighted by atomic mass is 10.2. The molecule has 0 N–H and O–H groups in total. The van der Waals surface area contributed by atoms with E-state index in [0.29, 0.717) is 31.7 Å². The number of hydrogen-bond acceptors (Lipinski definition) is 6. The Morgan fingerprint density at radius 3 is 2.28 bits per heavy atom. The highest BCUT2D eigenvalue weighted by molar-refractivity contribution is 5.89. The average Bonchev–Trinajstić information content (AvgIpc) is 2.72. The molecule has 1 amide bonds. The monoisotopic (exact) mass is 397 g/mol. The fourth-order valence-electron chi connectivity index (χ4n) is 2.94. The van der Waals surface area contributed by atoms with E-state index in [1.165, 1.54) is 6.20 Å². The van der Waals surface area contributed by atoms with Crippen LogP contribution in [0.5, 0.6) is 0 Å². The van der Waals surface area contributed by atoms with Crippen LogP contribution in [0.15, 0.2) is 48.7 Å². The number of hydrogen-bond donors (Lipinski definition) is 0. The molecule has 1 aromatic carbocycles. The van der Waals surface area contributed by atoms with Crippen LogP contribution >= 0.6 is 0 Å². The second-order valence-electron chi connectivity index (χ2n) is 7.92. The van der Waals surface area contributed by atoms with Crippen LogP contribution in [0.4, 0.5) is 10.6 Å². The van der Waals surface area contributed by atoms with Gasteiger partial charge in [-0.3, -0.25) is 0 Å². The zero-order chi connectivity index (χ0) is 20.9. The summed E-state index contributed by atoms with van der Waals surface area (Å²) in [7, 11) is 0. The molecule has 7 nitrogen and oxygen atoms in total. The van der Waals surface area contributed by atoms with Crippen LogP contribution in [-0.2, 0) is 16.1 Å². The molecule has 1 saturated heterocycles. The van der Waals surface area contributed by atoms with Gasteiger partial charge in [0.15, 0.2) is 0 Å². The summed E-state index contributed by atoms with van der Waals surface area (Å²) in [5.41, 5.74) is 0.853. The quantitative estimate of drug-likeness (QED) is 0.736. The smallest absolute Gasteiger partial charge is 0.410 e. The Labute approximate surface area is 171 Å². The number of rotatable bonds is 4. The normalized spacial score (nSPS) is 14.4. The van der Waals surface area contributed by atoms with Gasteiger partial charge >= 0.3 is 12.1 Å². The number of piperazine rings is 1. The maximum absolute atomic E-state index is 12.2. The van der Waals surface area contributed by atoms with Crippen LogP contribution in [0.2, 0.25) is 0 Å². The Kier molecular flexibility index (Phi) is 6.36. The second-order valence-corrected chi connectivity index (χ2v) is 7.92. The molecule has 7 heteroatoms. The summed E-state index contributed by atoms with van der Waals surface area (Å²) in [6.07, 6.45) is 1.24. The molecule has 3 rings (SSSR count). The van der Waals surface area contributed by atoms with E-state index in [1.807, 2.05) is 57.2 Å². The van der Waals surface area contributed by atoms with Crippen molar-refractivity contribution in [2.45, 2.75) is 33.0 Å². The summed E-state index contributed by atoms with van der Waals surface area (Å²) in [4.78, 5) is 32.5. The summed E-state index contributed by atoms with van der Waals surface area (Å²) in [6, 6.07) is 13.1. The highest BCUT2D eigenvalue weighted by atomic mass is 16.6. The number of pyridine rings is 1. The van der Waals surface area contributed by atoms with Gasteiger partial charge in [-0.1, -0.05) is 30.3 Å². The molecule has 2 heterocycles. The van der Waals surface area contributed by atoms with E-state index in [0.717, 1.165) is 11.4 Å². The maximum atomic E-state index is 12.2. The van der Waals surface area contributed by atoms with Gasteiger partial charge in [-0.05, 0) is 38.5 Å². The molecule has 0 aliphatic carbocycles. The van der Waals surface area contributed by atoms with Crippen molar-refractivity contribution in [2.75, 3.05) is 31.1 Å². The van der Waals surface area contributed by atoms with Gasteiger partial charge in [0.2, 0.25) is 0 Å². The summed E-state index contributed by atoms with van der Waals surface area (Å²) in [5.74, 6) is 0.371. The molecule has 154 valence electrons. The van der Waals surface area contributed by atoms with Crippen LogP contribution in [0.3, 0.4) is 0 Å². The first kappa shape index (κ1) is 20.6. The molecule has 0 radical (unpaired) electrons. The Balaban J connectivity index is 1.50. The molecule has 0 unspecified atom stereocenters. The van der Waals surface area contributed by atoms with E-state index in [-0.39, 0.29) is 12.7 Å². The maximum Gasteiger partial charge on any atom is 0.410 e. The first-order chi connectivity index (χ1) is 13.8. The number of aromatic nitrogens is 1. The van der Waals surface area contributed by atoms with Crippen LogP contribution in [0, 0.1) is 0 Å². The fourth-order valence-corrected chi connectivity index (χ4v) is 2.94. The standard InChI is InChI=1S/C22H27N3O4/c1-22(2,3)29-21(27)25-13-11-24(12-14-25)19-10-9-18(15-23-19)20(26)28-16-17-7-5-4-6-8-17/h4-10,15H,11-14,16H2,1-3H3. The number of anilines is 1. The van der Waals surface area contributed by atoms with E-state index in [2.05, 4.69) is 9.88 Å². The minimum absolute atomic E-state index is 0.230. The van der Waals surface area contributed by atoms with Crippen molar-refractivity contribution in [2.24, 2.45) is 0 Å². The van der Waals surface area contributed by atoms with Gasteiger partial charge in [-0.2, -0.15) is 0 Å². The SMILES string of the molecule is CC(C)(C)OC(=O)N1CCN(c2ccc(C(=O)OCc3ccccc3)cn2)CC1. The third-order valence-corrected chi connectivity index (χ3v) is 4.45. The molecular formula is C22H27N3O4. The average molecular weight is 397 g/mol. The number of carbonyl (C=O) groups is 2. The van der Waals surface area contributed by atoms with Gasteiger partial charge in [0.25, 0.3) is 0 Å². The minimum Gasteiger partial charge on any atom is -0.457 e. The summed E-state index contributed by atoms with van der Waals surface area (Å²) < 4.78 is 10.7. The number of benzene rings is 1. The van der Waals surface area contributed by atoms with Crippen molar-refractivity contribution in [3.8, 4) is 0 Å². The Hall–Kier alpha value is -3.09. The largest absolute Gasteiger partial charge is 0.457 e. The third-order valence-electron chi connectivity index (χ3n) is 4.45. The zero-order valence-electron chi connectivity index (χ0n) is 17.1. The lowest BCUT2D eigenvalue weighted by Crippen LogP contribution is -2.50. The molecule has 1 aromatic heterocycles. The van der Waals surface area contributed by atoms with Crippen LogP contribution < -0.4 is 4.90 Å². The number of ether oxygens (including phenoxy) is 2. The molecule has 0 spiro atoms. The van der Waals surface area contributed by atoms with Gasteiger partial charge in [0, 0.05) is 32.4 Å². The number of amides is 1. The molecule has 0 saturated carbocycles. The van der Waals surface area contributed by atoms with Gasteiger partial charge in [-0.15, -0.1) is 0 Å². The Morgan fingerprint density at radius 1 is 1.00 bits per heavy atom. The molecule has 2 aromatic rings. The first-order valence-corrected chi connectivity index (χ1v) is 9.72. The number of nitrogens with zero attached hydrogens (tertiary/aromatic N) is 3. The number of esters is 1. The molecule has 29 heavy (non-hydrogen) atoms. The molecule has 0 bridgehead atoms. The van der Waals surface area contributed by atoms with Crippen molar-refractivity contribution in [1.29, 1.82) is 0 Å². The zero-order valence-corrected chi connectivity index (χ0v) is 17.1. The lowest BCUT2D eigenvalue weighted by molar-refractivity contribution is 0.0240. The van der Waals surface area contributed by atoms with Gasteiger partial charge in [-0.25, -0.2) is 14.6 Å². The fraction of sp³-hybridized carbons (Fsp3) is 0.409. The Morgan fingerprint density at radius 2 is 1.69 bits per heavy atom. The van der Waals surface area contributed by atoms with Crippen molar-refractivity contribution in [3.63, 3.8) is 0 Å². The highest BCUT2D eigenvalue weighted by Gasteiger charge is 2.26. The van der Waals surface area contributed by atoms with E-state index in [1.54, 1.807) is 11.0 Å². The first-order valence-electron chi connectivity index (χ1n) is 9.72. The van der Waals surface area contributed by atoms with Gasteiger partial charge in [0.05, 0.1) is 5.56 Å². The van der Waals surface area contributed by atoms with E-state index in [4.69, 9.17) is 9.47 Å².